The van der Waals surface area contributed by atoms with Gasteiger partial charge in [-0.2, -0.15) is 0 Å². The third kappa shape index (κ3) is 4.13. The Hall–Kier alpha value is -2.82. The molecule has 1 aromatic carbocycles. The summed E-state index contributed by atoms with van der Waals surface area (Å²) in [5.41, 5.74) is 3.04. The molecule has 0 atom stereocenters. The molecule has 1 saturated carbocycles. The van der Waals surface area contributed by atoms with Crippen LogP contribution in [0.15, 0.2) is 48.8 Å². The van der Waals surface area contributed by atoms with E-state index >= 15 is 0 Å². The van der Waals surface area contributed by atoms with Crippen molar-refractivity contribution in [1.82, 2.24) is 15.3 Å². The number of para-hydroxylation sites is 1. The number of carbonyl (C=O) groups excluding carboxylic acids is 1. The van der Waals surface area contributed by atoms with Crippen molar-refractivity contribution < 1.29 is 9.53 Å². The van der Waals surface area contributed by atoms with Crippen molar-refractivity contribution >= 4 is 16.8 Å². The molecule has 0 spiro atoms. The first-order chi connectivity index (χ1) is 13.2. The topological polar surface area (TPSA) is 67.0 Å². The summed E-state index contributed by atoms with van der Waals surface area (Å²) in [6.07, 6.45) is 8.13. The summed E-state index contributed by atoms with van der Waals surface area (Å²) in [6, 6.07) is 12.2. The van der Waals surface area contributed by atoms with Crippen molar-refractivity contribution in [2.45, 2.75) is 51.2 Å². The molecule has 2 N–H and O–H groups in total. The lowest BCUT2D eigenvalue weighted by Gasteiger charge is -2.29. The van der Waals surface area contributed by atoms with E-state index in [-0.39, 0.29) is 18.1 Å². The molecule has 5 heteroatoms. The minimum atomic E-state index is 0.0900. The maximum absolute atomic E-state index is 12.5. The van der Waals surface area contributed by atoms with Crippen molar-refractivity contribution in [3.05, 3.63) is 60.0 Å². The molecule has 2 aromatic heterocycles. The van der Waals surface area contributed by atoms with E-state index in [4.69, 9.17) is 4.74 Å². The molecule has 0 bridgehead atoms. The van der Waals surface area contributed by atoms with Crippen molar-refractivity contribution in [3.8, 4) is 5.75 Å². The summed E-state index contributed by atoms with van der Waals surface area (Å²) >= 11 is 0. The number of aryl methyl sites for hydroxylation is 1. The molecule has 5 nitrogen and oxygen atoms in total. The second-order valence-electron chi connectivity index (χ2n) is 7.28. The van der Waals surface area contributed by atoms with Crippen molar-refractivity contribution in [2.24, 2.45) is 0 Å². The number of pyridine rings is 1. The minimum absolute atomic E-state index is 0.0900. The van der Waals surface area contributed by atoms with Gasteiger partial charge < -0.3 is 15.0 Å². The number of hydrogen-bond acceptors (Lipinski definition) is 3. The molecule has 2 heterocycles. The van der Waals surface area contributed by atoms with Crippen LogP contribution in [0, 0.1) is 6.92 Å². The molecule has 140 valence electrons. The fourth-order valence-electron chi connectivity index (χ4n) is 3.83. The number of carbonyl (C=O) groups is 1. The number of nitrogens with zero attached hydrogens (tertiary/aromatic N) is 1. The zero-order valence-electron chi connectivity index (χ0n) is 15.6. The molecule has 1 aliphatic rings. The number of H-pyrrole nitrogens is 1. The molecular weight excluding hydrogens is 338 g/mol. The van der Waals surface area contributed by atoms with Gasteiger partial charge in [-0.3, -0.25) is 9.78 Å². The van der Waals surface area contributed by atoms with Gasteiger partial charge in [0.2, 0.25) is 5.91 Å². The van der Waals surface area contributed by atoms with E-state index in [1.807, 2.05) is 43.5 Å². The Labute approximate surface area is 159 Å². The number of fused-ring (bicyclic) bond motifs is 1. The Morgan fingerprint density at radius 3 is 2.81 bits per heavy atom. The molecule has 3 aromatic rings. The number of aromatic nitrogens is 2. The van der Waals surface area contributed by atoms with E-state index in [0.717, 1.165) is 53.6 Å². The van der Waals surface area contributed by atoms with E-state index in [0.29, 0.717) is 6.42 Å². The largest absolute Gasteiger partial charge is 0.489 e. The number of benzene rings is 1. The monoisotopic (exact) mass is 363 g/mol. The summed E-state index contributed by atoms with van der Waals surface area (Å²) < 4.78 is 6.09. The fraction of sp³-hybridized carbons (Fsp3) is 0.364. The molecule has 0 saturated heterocycles. The molecular formula is C22H25N3O2. The Bertz CT molecular complexity index is 926. The van der Waals surface area contributed by atoms with Crippen LogP contribution in [0.2, 0.25) is 0 Å². The van der Waals surface area contributed by atoms with Gasteiger partial charge in [-0.15, -0.1) is 0 Å². The standard InChI is InChI=1S/C22H25N3O2/c1-15-21(7-4-12-23-15)27-18-10-8-17(9-11-18)25-22(26)13-16-14-24-20-6-3-2-5-19(16)20/h2-7,12,14,17-18,24H,8-11,13H2,1H3,(H,25,26). The molecule has 4 rings (SSSR count). The van der Waals surface area contributed by atoms with Crippen LogP contribution in [-0.2, 0) is 11.2 Å². The van der Waals surface area contributed by atoms with Crippen LogP contribution >= 0.6 is 0 Å². The van der Waals surface area contributed by atoms with E-state index in [9.17, 15) is 4.79 Å². The van der Waals surface area contributed by atoms with Gasteiger partial charge in [0.25, 0.3) is 0 Å². The van der Waals surface area contributed by atoms with Crippen molar-refractivity contribution in [1.29, 1.82) is 0 Å². The SMILES string of the molecule is Cc1ncccc1OC1CCC(NC(=O)Cc2c[nH]c3ccccc23)CC1. The number of rotatable bonds is 5. The van der Waals surface area contributed by atoms with Gasteiger partial charge in [0, 0.05) is 29.3 Å². The lowest BCUT2D eigenvalue weighted by molar-refractivity contribution is -0.121. The minimum Gasteiger partial charge on any atom is -0.489 e. The van der Waals surface area contributed by atoms with E-state index in [2.05, 4.69) is 21.4 Å². The van der Waals surface area contributed by atoms with Crippen LogP contribution in [0.1, 0.15) is 36.9 Å². The first-order valence-corrected chi connectivity index (χ1v) is 9.61. The smallest absolute Gasteiger partial charge is 0.224 e. The van der Waals surface area contributed by atoms with E-state index in [1.165, 1.54) is 0 Å². The summed E-state index contributed by atoms with van der Waals surface area (Å²) in [4.78, 5) is 20.0. The first-order valence-electron chi connectivity index (χ1n) is 9.61. The lowest BCUT2D eigenvalue weighted by atomic mass is 9.92. The van der Waals surface area contributed by atoms with Gasteiger partial charge in [-0.1, -0.05) is 18.2 Å². The highest BCUT2D eigenvalue weighted by molar-refractivity contribution is 5.88. The molecule has 27 heavy (non-hydrogen) atoms. The quantitative estimate of drug-likeness (QED) is 0.722. The van der Waals surface area contributed by atoms with Gasteiger partial charge in [0.1, 0.15) is 5.75 Å². The Morgan fingerprint density at radius 1 is 1.19 bits per heavy atom. The highest BCUT2D eigenvalue weighted by Crippen LogP contribution is 2.25. The molecule has 1 fully saturated rings. The van der Waals surface area contributed by atoms with Crippen LogP contribution in [0.25, 0.3) is 10.9 Å². The maximum Gasteiger partial charge on any atom is 0.224 e. The Morgan fingerprint density at radius 2 is 2.00 bits per heavy atom. The van der Waals surface area contributed by atoms with Gasteiger partial charge in [-0.05, 0) is 56.4 Å². The molecule has 0 aliphatic heterocycles. The summed E-state index contributed by atoms with van der Waals surface area (Å²) in [6.45, 7) is 1.96. The van der Waals surface area contributed by atoms with Crippen LogP contribution < -0.4 is 10.1 Å². The van der Waals surface area contributed by atoms with Gasteiger partial charge in [-0.25, -0.2) is 0 Å². The maximum atomic E-state index is 12.5. The average molecular weight is 363 g/mol. The van der Waals surface area contributed by atoms with Crippen LogP contribution in [0.3, 0.4) is 0 Å². The Balaban J connectivity index is 1.27. The lowest BCUT2D eigenvalue weighted by Crippen LogP contribution is -2.40. The summed E-state index contributed by atoms with van der Waals surface area (Å²) in [5, 5.41) is 4.32. The van der Waals surface area contributed by atoms with Gasteiger partial charge in [0.05, 0.1) is 18.2 Å². The zero-order valence-corrected chi connectivity index (χ0v) is 15.6. The second-order valence-corrected chi connectivity index (χ2v) is 7.28. The highest BCUT2D eigenvalue weighted by atomic mass is 16.5. The molecule has 0 radical (unpaired) electrons. The average Bonchev–Trinajstić information content (AvgIpc) is 3.08. The Kier molecular flexibility index (Phi) is 5.10. The second kappa shape index (κ2) is 7.82. The third-order valence-corrected chi connectivity index (χ3v) is 5.32. The number of ether oxygens (including phenoxy) is 1. The molecule has 1 amide bonds. The number of hydrogen-bond donors (Lipinski definition) is 2. The van der Waals surface area contributed by atoms with E-state index in [1.54, 1.807) is 6.20 Å². The zero-order chi connectivity index (χ0) is 18.6. The third-order valence-electron chi connectivity index (χ3n) is 5.32. The summed E-state index contributed by atoms with van der Waals surface area (Å²) in [7, 11) is 0. The number of amides is 1. The summed E-state index contributed by atoms with van der Waals surface area (Å²) in [5.74, 6) is 0.955. The van der Waals surface area contributed by atoms with E-state index < -0.39 is 0 Å². The van der Waals surface area contributed by atoms with Crippen LogP contribution in [-0.4, -0.2) is 28.0 Å². The predicted molar refractivity (Wildman–Crippen MR) is 106 cm³/mol. The molecule has 1 aliphatic carbocycles. The predicted octanol–water partition coefficient (Wildman–Crippen LogP) is 3.92. The van der Waals surface area contributed by atoms with Crippen LogP contribution in [0.4, 0.5) is 0 Å². The first kappa shape index (κ1) is 17.6. The fourth-order valence-corrected chi connectivity index (χ4v) is 3.83. The van der Waals surface area contributed by atoms with Crippen LogP contribution in [0.5, 0.6) is 5.75 Å². The number of aromatic amines is 1. The normalized spacial score (nSPS) is 19.7. The number of nitrogens with one attached hydrogen (secondary N) is 2. The van der Waals surface area contributed by atoms with Crippen molar-refractivity contribution in [3.63, 3.8) is 0 Å². The highest BCUT2D eigenvalue weighted by Gasteiger charge is 2.24. The van der Waals surface area contributed by atoms with Crippen molar-refractivity contribution in [2.75, 3.05) is 0 Å². The van der Waals surface area contributed by atoms with Gasteiger partial charge in [0.15, 0.2) is 0 Å². The van der Waals surface area contributed by atoms with Gasteiger partial charge >= 0.3 is 0 Å². The molecule has 0 unspecified atom stereocenters.